The van der Waals surface area contributed by atoms with E-state index < -0.39 is 23.6 Å². The maximum atomic E-state index is 13.5. The van der Waals surface area contributed by atoms with E-state index in [9.17, 15) is 14.4 Å². The molecule has 2 aliphatic rings. The molecule has 2 amide bonds. The van der Waals surface area contributed by atoms with Gasteiger partial charge < -0.3 is 9.47 Å². The summed E-state index contributed by atoms with van der Waals surface area (Å²) in [6.07, 6.45) is 6.20. The average Bonchev–Trinajstić information content (AvgIpc) is 3.07. The highest BCUT2D eigenvalue weighted by atomic mass is 16.6. The number of benzene rings is 1. The van der Waals surface area contributed by atoms with Crippen LogP contribution >= 0.6 is 0 Å². The van der Waals surface area contributed by atoms with Crippen LogP contribution in [0, 0.1) is 11.8 Å². The largest absolute Gasteiger partial charge is 0.460 e. The smallest absolute Gasteiger partial charge is 0.416 e. The van der Waals surface area contributed by atoms with Gasteiger partial charge >= 0.3 is 12.1 Å². The molecule has 2 unspecified atom stereocenters. The third-order valence-corrected chi connectivity index (χ3v) is 6.04. The lowest BCUT2D eigenvalue weighted by Gasteiger charge is -2.29. The summed E-state index contributed by atoms with van der Waals surface area (Å²) in [7, 11) is 0. The zero-order valence-corrected chi connectivity index (χ0v) is 19.0. The van der Waals surface area contributed by atoms with Crippen LogP contribution in [0.1, 0.15) is 71.3 Å². The van der Waals surface area contributed by atoms with Gasteiger partial charge in [0, 0.05) is 5.92 Å². The van der Waals surface area contributed by atoms with Crippen molar-refractivity contribution in [3.8, 4) is 0 Å². The van der Waals surface area contributed by atoms with Crippen LogP contribution in [-0.4, -0.2) is 41.1 Å². The number of carbonyl (C=O) groups is 3. The topological polar surface area (TPSA) is 72.9 Å². The van der Waals surface area contributed by atoms with Crippen molar-refractivity contribution in [3.05, 3.63) is 35.9 Å². The molecule has 0 aromatic heterocycles. The van der Waals surface area contributed by atoms with E-state index in [0.717, 1.165) is 31.2 Å². The Kier molecular flexibility index (Phi) is 7.74. The normalized spacial score (nSPS) is 20.9. The van der Waals surface area contributed by atoms with Gasteiger partial charge in [0.25, 0.3) is 0 Å². The van der Waals surface area contributed by atoms with E-state index in [1.165, 1.54) is 11.3 Å². The van der Waals surface area contributed by atoms with Gasteiger partial charge in [-0.3, -0.25) is 9.59 Å². The number of cyclic esters (lactones) is 1. The molecule has 31 heavy (non-hydrogen) atoms. The molecule has 1 heterocycles. The summed E-state index contributed by atoms with van der Waals surface area (Å²) < 4.78 is 10.7. The second-order valence-corrected chi connectivity index (χ2v) is 9.86. The van der Waals surface area contributed by atoms with E-state index >= 15 is 0 Å². The van der Waals surface area contributed by atoms with Gasteiger partial charge in [-0.05, 0) is 45.1 Å². The zero-order valence-electron chi connectivity index (χ0n) is 19.0. The molecule has 2 atom stereocenters. The lowest BCUT2D eigenvalue weighted by atomic mass is 9.81. The van der Waals surface area contributed by atoms with Crippen LogP contribution in [0.5, 0.6) is 0 Å². The number of amides is 2. The van der Waals surface area contributed by atoms with Gasteiger partial charge in [0.05, 0.1) is 12.5 Å². The summed E-state index contributed by atoms with van der Waals surface area (Å²) in [4.78, 5) is 39.9. The number of carbonyl (C=O) groups excluding carboxylic acids is 3. The van der Waals surface area contributed by atoms with Gasteiger partial charge in [0.2, 0.25) is 5.91 Å². The molecule has 170 valence electrons. The Bertz CT molecular complexity index is 764. The van der Waals surface area contributed by atoms with Crippen molar-refractivity contribution >= 4 is 18.0 Å². The predicted octanol–water partition coefficient (Wildman–Crippen LogP) is 4.89. The van der Waals surface area contributed by atoms with Crippen molar-refractivity contribution in [2.45, 2.75) is 83.8 Å². The first-order chi connectivity index (χ1) is 14.7. The molecule has 1 saturated heterocycles. The maximum Gasteiger partial charge on any atom is 0.416 e. The van der Waals surface area contributed by atoms with Gasteiger partial charge in [-0.2, -0.15) is 0 Å². The SMILES string of the molecule is CC(C)(C)OC(=O)CC(CC1CCCCC1)C(=O)N1C(=O)OCC1Cc1ccccc1. The van der Waals surface area contributed by atoms with Crippen molar-refractivity contribution in [1.82, 2.24) is 4.90 Å². The van der Waals surface area contributed by atoms with Crippen LogP contribution in [0.3, 0.4) is 0 Å². The van der Waals surface area contributed by atoms with Crippen LogP contribution in [-0.2, 0) is 25.5 Å². The zero-order chi connectivity index (χ0) is 22.4. The number of ether oxygens (including phenoxy) is 2. The second kappa shape index (κ2) is 10.3. The molecule has 3 rings (SSSR count). The molecule has 1 aromatic carbocycles. The Hall–Kier alpha value is -2.37. The first-order valence-electron chi connectivity index (χ1n) is 11.5. The van der Waals surface area contributed by atoms with Gasteiger partial charge in [0.1, 0.15) is 12.2 Å². The van der Waals surface area contributed by atoms with Gasteiger partial charge in [-0.15, -0.1) is 0 Å². The molecular formula is C25H35NO5. The van der Waals surface area contributed by atoms with Crippen molar-refractivity contribution < 1.29 is 23.9 Å². The summed E-state index contributed by atoms with van der Waals surface area (Å²) in [5.74, 6) is -0.869. The highest BCUT2D eigenvalue weighted by Gasteiger charge is 2.42. The number of imide groups is 1. The van der Waals surface area contributed by atoms with Crippen LogP contribution in [0.15, 0.2) is 30.3 Å². The van der Waals surface area contributed by atoms with Gasteiger partial charge in [-0.25, -0.2) is 9.69 Å². The molecule has 2 fully saturated rings. The molecule has 0 spiro atoms. The fourth-order valence-electron chi connectivity index (χ4n) is 4.64. The average molecular weight is 430 g/mol. The summed E-state index contributed by atoms with van der Waals surface area (Å²) in [6.45, 7) is 5.63. The molecule has 1 aliphatic carbocycles. The molecule has 6 nitrogen and oxygen atoms in total. The Morgan fingerprint density at radius 1 is 1.13 bits per heavy atom. The van der Waals surface area contributed by atoms with Crippen LogP contribution < -0.4 is 0 Å². The summed E-state index contributed by atoms with van der Waals surface area (Å²) >= 11 is 0. The molecule has 0 bridgehead atoms. The molecule has 1 saturated carbocycles. The Balaban J connectivity index is 1.75. The molecular weight excluding hydrogens is 394 g/mol. The fraction of sp³-hybridized carbons (Fsp3) is 0.640. The molecule has 1 aromatic rings. The van der Waals surface area contributed by atoms with E-state index in [-0.39, 0.29) is 25.0 Å². The van der Waals surface area contributed by atoms with Crippen LogP contribution in [0.25, 0.3) is 0 Å². The Labute approximate surface area is 185 Å². The third-order valence-electron chi connectivity index (χ3n) is 6.04. The van der Waals surface area contributed by atoms with Gasteiger partial charge in [-0.1, -0.05) is 62.4 Å². The molecule has 0 N–H and O–H groups in total. The first kappa shape index (κ1) is 23.3. The quantitative estimate of drug-likeness (QED) is 0.577. The maximum absolute atomic E-state index is 13.5. The minimum atomic E-state index is -0.613. The van der Waals surface area contributed by atoms with Crippen molar-refractivity contribution in [3.63, 3.8) is 0 Å². The van der Waals surface area contributed by atoms with E-state index in [4.69, 9.17) is 9.47 Å². The predicted molar refractivity (Wildman–Crippen MR) is 117 cm³/mol. The highest BCUT2D eigenvalue weighted by molar-refractivity contribution is 5.96. The number of nitrogens with zero attached hydrogens (tertiary/aromatic N) is 1. The third kappa shape index (κ3) is 6.81. The van der Waals surface area contributed by atoms with E-state index in [1.54, 1.807) is 0 Å². The lowest BCUT2D eigenvalue weighted by Crippen LogP contribution is -2.45. The monoisotopic (exact) mass is 429 g/mol. The summed E-state index contributed by atoms with van der Waals surface area (Å²) in [5, 5.41) is 0. The fourth-order valence-corrected chi connectivity index (χ4v) is 4.64. The Morgan fingerprint density at radius 3 is 2.45 bits per heavy atom. The van der Waals surface area contributed by atoms with E-state index in [0.29, 0.717) is 18.8 Å². The lowest BCUT2D eigenvalue weighted by molar-refractivity contribution is -0.158. The number of hydrogen-bond acceptors (Lipinski definition) is 5. The van der Waals surface area contributed by atoms with E-state index in [2.05, 4.69) is 0 Å². The number of esters is 1. The number of hydrogen-bond donors (Lipinski definition) is 0. The van der Waals surface area contributed by atoms with E-state index in [1.807, 2.05) is 51.1 Å². The number of rotatable bonds is 7. The highest BCUT2D eigenvalue weighted by Crippen LogP contribution is 2.32. The molecule has 1 aliphatic heterocycles. The summed E-state index contributed by atoms with van der Waals surface area (Å²) in [5.41, 5.74) is 0.428. The standard InChI is InChI=1S/C25H35NO5/c1-25(2,3)31-22(27)16-20(14-18-10-6-4-7-11-18)23(28)26-21(17-30-24(26)29)15-19-12-8-5-9-13-19/h5,8-9,12-13,18,20-21H,4,6-7,10-11,14-17H2,1-3H3. The molecule has 6 heteroatoms. The van der Waals surface area contributed by atoms with Crippen LogP contribution in [0.4, 0.5) is 4.79 Å². The minimum absolute atomic E-state index is 0.00552. The Morgan fingerprint density at radius 2 is 1.81 bits per heavy atom. The minimum Gasteiger partial charge on any atom is -0.460 e. The van der Waals surface area contributed by atoms with Crippen molar-refractivity contribution in [2.75, 3.05) is 6.61 Å². The summed E-state index contributed by atoms with van der Waals surface area (Å²) in [6, 6.07) is 9.41. The van der Waals surface area contributed by atoms with Gasteiger partial charge in [0.15, 0.2) is 0 Å². The van der Waals surface area contributed by atoms with Crippen LogP contribution in [0.2, 0.25) is 0 Å². The molecule has 0 radical (unpaired) electrons. The van der Waals surface area contributed by atoms with Crippen molar-refractivity contribution in [1.29, 1.82) is 0 Å². The second-order valence-electron chi connectivity index (χ2n) is 9.86. The first-order valence-corrected chi connectivity index (χ1v) is 11.5. The van der Waals surface area contributed by atoms with Crippen molar-refractivity contribution in [2.24, 2.45) is 11.8 Å².